The van der Waals surface area contributed by atoms with Gasteiger partial charge in [-0.1, -0.05) is 0 Å². The number of methoxy groups -OCH3 is 1. The Kier molecular flexibility index (Phi) is 5.43. The van der Waals surface area contributed by atoms with E-state index in [4.69, 9.17) is 4.74 Å². The van der Waals surface area contributed by atoms with E-state index in [-0.39, 0.29) is 5.56 Å². The van der Waals surface area contributed by atoms with E-state index in [1.165, 1.54) is 5.56 Å². The normalized spacial score (nSPS) is 11.1. The maximum Gasteiger partial charge on any atom is 0.251 e. The van der Waals surface area contributed by atoms with Crippen LogP contribution in [0.15, 0.2) is 17.1 Å². The molecular weight excluding hydrogens is 319 g/mol. The molecule has 1 aromatic rings. The third-order valence-corrected chi connectivity index (χ3v) is 3.38. The van der Waals surface area contributed by atoms with Crippen LogP contribution in [-0.4, -0.2) is 36.8 Å². The molecule has 1 rings (SSSR count). The lowest BCUT2D eigenvalue weighted by molar-refractivity contribution is 0.158. The van der Waals surface area contributed by atoms with Gasteiger partial charge in [-0.25, -0.2) is 0 Å². The lowest BCUT2D eigenvalue weighted by atomic mass is 10.2. The van der Waals surface area contributed by atoms with Gasteiger partial charge in [0.1, 0.15) is 0 Å². The number of halogens is 1. The summed E-state index contributed by atoms with van der Waals surface area (Å²) in [5.41, 5.74) is 1.20. The molecule has 0 spiro atoms. The highest BCUT2D eigenvalue weighted by molar-refractivity contribution is 14.1. The van der Waals surface area contributed by atoms with Crippen LogP contribution >= 0.6 is 22.6 Å². The Morgan fingerprint density at radius 1 is 1.56 bits per heavy atom. The molecule has 90 valence electrons. The predicted molar refractivity (Wildman–Crippen MR) is 72.6 cm³/mol. The average Bonchev–Trinajstić information content (AvgIpc) is 2.23. The second-order valence-electron chi connectivity index (χ2n) is 3.83. The van der Waals surface area contributed by atoms with Crippen LogP contribution in [0.2, 0.25) is 0 Å². The number of nitrogens with zero attached hydrogens (tertiary/aromatic N) is 2. The average molecular weight is 336 g/mol. The van der Waals surface area contributed by atoms with E-state index in [0.29, 0.717) is 0 Å². The van der Waals surface area contributed by atoms with Crippen molar-refractivity contribution in [3.8, 4) is 0 Å². The molecule has 0 N–H and O–H groups in total. The Morgan fingerprint density at radius 3 is 2.88 bits per heavy atom. The zero-order valence-corrected chi connectivity index (χ0v) is 12.0. The number of likely N-dealkylation sites (N-methyl/N-ethyl adjacent to an activating group) is 1. The van der Waals surface area contributed by atoms with Crippen molar-refractivity contribution < 1.29 is 4.74 Å². The van der Waals surface area contributed by atoms with E-state index in [2.05, 4.69) is 27.5 Å². The first kappa shape index (κ1) is 13.7. The Balaban J connectivity index is 2.73. The SMILES string of the molecule is COCCN(C)Cc1cn(C)c(=O)cc1I. The molecule has 0 radical (unpaired) electrons. The summed E-state index contributed by atoms with van der Waals surface area (Å²) in [7, 11) is 5.51. The van der Waals surface area contributed by atoms with E-state index in [1.54, 1.807) is 24.8 Å². The highest BCUT2D eigenvalue weighted by atomic mass is 127. The molecule has 0 aliphatic heterocycles. The topological polar surface area (TPSA) is 34.5 Å². The van der Waals surface area contributed by atoms with Gasteiger partial charge < -0.3 is 9.30 Å². The van der Waals surface area contributed by atoms with Gasteiger partial charge in [-0.2, -0.15) is 0 Å². The lowest BCUT2D eigenvalue weighted by Crippen LogP contribution is -2.25. The van der Waals surface area contributed by atoms with Gasteiger partial charge in [-0.05, 0) is 35.2 Å². The highest BCUT2D eigenvalue weighted by Gasteiger charge is 2.06. The van der Waals surface area contributed by atoms with Crippen LogP contribution < -0.4 is 5.56 Å². The second-order valence-corrected chi connectivity index (χ2v) is 4.99. The van der Waals surface area contributed by atoms with Gasteiger partial charge in [0, 0.05) is 43.1 Å². The Morgan fingerprint density at radius 2 is 2.25 bits per heavy atom. The highest BCUT2D eigenvalue weighted by Crippen LogP contribution is 2.10. The van der Waals surface area contributed by atoms with Crippen molar-refractivity contribution >= 4 is 22.6 Å². The van der Waals surface area contributed by atoms with Crippen LogP contribution in [0, 0.1) is 3.57 Å². The smallest absolute Gasteiger partial charge is 0.251 e. The zero-order valence-electron chi connectivity index (χ0n) is 9.86. The maximum absolute atomic E-state index is 11.4. The maximum atomic E-state index is 11.4. The number of aromatic nitrogens is 1. The number of hydrogen-bond donors (Lipinski definition) is 0. The van der Waals surface area contributed by atoms with Crippen LogP contribution in [0.25, 0.3) is 0 Å². The molecule has 0 amide bonds. The van der Waals surface area contributed by atoms with Crippen molar-refractivity contribution in [3.05, 3.63) is 31.8 Å². The summed E-state index contributed by atoms with van der Waals surface area (Å²) in [5, 5.41) is 0. The molecule has 16 heavy (non-hydrogen) atoms. The van der Waals surface area contributed by atoms with E-state index in [0.717, 1.165) is 23.3 Å². The van der Waals surface area contributed by atoms with Gasteiger partial charge in [0.2, 0.25) is 0 Å². The van der Waals surface area contributed by atoms with Crippen LogP contribution in [-0.2, 0) is 18.3 Å². The van der Waals surface area contributed by atoms with Crippen molar-refractivity contribution in [2.75, 3.05) is 27.3 Å². The molecule has 5 heteroatoms. The standard InChI is InChI=1S/C11H17IN2O2/c1-13(4-5-16-3)7-9-8-14(2)11(15)6-10(9)12/h6,8H,4-5,7H2,1-3H3. The Hall–Kier alpha value is -0.400. The van der Waals surface area contributed by atoms with Gasteiger partial charge in [-0.3, -0.25) is 9.69 Å². The fraction of sp³-hybridized carbons (Fsp3) is 0.545. The molecule has 0 unspecified atom stereocenters. The van der Waals surface area contributed by atoms with Crippen LogP contribution in [0.4, 0.5) is 0 Å². The first-order chi connectivity index (χ1) is 7.54. The fourth-order valence-electron chi connectivity index (χ4n) is 1.40. The molecular formula is C11H17IN2O2. The van der Waals surface area contributed by atoms with E-state index >= 15 is 0 Å². The van der Waals surface area contributed by atoms with Crippen molar-refractivity contribution in [2.24, 2.45) is 7.05 Å². The monoisotopic (exact) mass is 336 g/mol. The first-order valence-electron chi connectivity index (χ1n) is 5.07. The quantitative estimate of drug-likeness (QED) is 0.755. The number of hydrogen-bond acceptors (Lipinski definition) is 3. The largest absolute Gasteiger partial charge is 0.383 e. The summed E-state index contributed by atoms with van der Waals surface area (Å²) >= 11 is 2.20. The van der Waals surface area contributed by atoms with Crippen LogP contribution in [0.3, 0.4) is 0 Å². The van der Waals surface area contributed by atoms with E-state index in [9.17, 15) is 4.79 Å². The van der Waals surface area contributed by atoms with Gasteiger partial charge in [0.05, 0.1) is 6.61 Å². The summed E-state index contributed by atoms with van der Waals surface area (Å²) in [5.74, 6) is 0. The van der Waals surface area contributed by atoms with Crippen molar-refractivity contribution in [1.29, 1.82) is 0 Å². The van der Waals surface area contributed by atoms with Gasteiger partial charge in [-0.15, -0.1) is 0 Å². The number of ether oxygens (including phenoxy) is 1. The molecule has 0 saturated carbocycles. The molecule has 1 heterocycles. The second kappa shape index (κ2) is 6.36. The molecule has 4 nitrogen and oxygen atoms in total. The minimum Gasteiger partial charge on any atom is -0.383 e. The Bertz CT molecular complexity index is 403. The molecule has 0 aliphatic rings. The molecule has 1 aromatic heterocycles. The molecule has 0 aliphatic carbocycles. The predicted octanol–water partition coefficient (Wildman–Crippen LogP) is 1.07. The van der Waals surface area contributed by atoms with Crippen LogP contribution in [0.5, 0.6) is 0 Å². The summed E-state index contributed by atoms with van der Waals surface area (Å²) in [4.78, 5) is 13.5. The fourth-order valence-corrected chi connectivity index (χ4v) is 1.97. The van der Waals surface area contributed by atoms with Gasteiger partial charge in [0.15, 0.2) is 0 Å². The molecule has 0 fully saturated rings. The van der Waals surface area contributed by atoms with Gasteiger partial charge >= 0.3 is 0 Å². The molecule has 0 aromatic carbocycles. The number of rotatable bonds is 5. The van der Waals surface area contributed by atoms with Crippen molar-refractivity contribution in [2.45, 2.75) is 6.54 Å². The van der Waals surface area contributed by atoms with Crippen molar-refractivity contribution in [1.82, 2.24) is 9.47 Å². The summed E-state index contributed by atoms with van der Waals surface area (Å²) in [6.07, 6.45) is 1.90. The van der Waals surface area contributed by atoms with Crippen LogP contribution in [0.1, 0.15) is 5.56 Å². The number of pyridine rings is 1. The third kappa shape index (κ3) is 3.88. The zero-order chi connectivity index (χ0) is 12.1. The summed E-state index contributed by atoms with van der Waals surface area (Å²) in [6.45, 7) is 2.43. The first-order valence-corrected chi connectivity index (χ1v) is 6.15. The summed E-state index contributed by atoms with van der Waals surface area (Å²) in [6, 6.07) is 1.67. The number of aryl methyl sites for hydroxylation is 1. The molecule has 0 bridgehead atoms. The third-order valence-electron chi connectivity index (χ3n) is 2.37. The minimum atomic E-state index is 0.0349. The molecule has 0 saturated heterocycles. The van der Waals surface area contributed by atoms with E-state index < -0.39 is 0 Å². The molecule has 0 atom stereocenters. The lowest BCUT2D eigenvalue weighted by Gasteiger charge is -2.17. The summed E-state index contributed by atoms with van der Waals surface area (Å²) < 4.78 is 7.66. The Labute approximate surface area is 109 Å². The van der Waals surface area contributed by atoms with Crippen molar-refractivity contribution in [3.63, 3.8) is 0 Å². The van der Waals surface area contributed by atoms with E-state index in [1.807, 2.05) is 13.2 Å². The van der Waals surface area contributed by atoms with Gasteiger partial charge in [0.25, 0.3) is 5.56 Å². The minimum absolute atomic E-state index is 0.0349.